The topological polar surface area (TPSA) is 17.1 Å². The minimum Gasteiger partial charge on any atom is -0.294 e. The average Bonchev–Trinajstić information content (AvgIpc) is 2.31. The zero-order valence-corrected chi connectivity index (χ0v) is 25.3. The lowest BCUT2D eigenvalue weighted by molar-refractivity contribution is -0.118. The summed E-state index contributed by atoms with van der Waals surface area (Å²) in [6, 6.07) is 0. The van der Waals surface area contributed by atoms with E-state index >= 15 is 0 Å². The molecule has 2 atom stereocenters. The largest absolute Gasteiger partial charge is 0.294 e. The van der Waals surface area contributed by atoms with E-state index in [4.69, 9.17) is 11.6 Å². The molecule has 2 unspecified atom stereocenters. The Morgan fingerprint density at radius 1 is 1.05 bits per heavy atom. The second-order valence-electron chi connectivity index (χ2n) is 3.71. The molecule has 0 heterocycles. The van der Waals surface area contributed by atoms with Gasteiger partial charge in [-0.3, -0.25) is 4.79 Å². The highest BCUT2D eigenvalue weighted by Crippen LogP contribution is 2.69. The summed E-state index contributed by atoms with van der Waals surface area (Å²) in [6.45, 7) is 0. The van der Waals surface area contributed by atoms with Crippen molar-refractivity contribution in [3.05, 3.63) is 8.96 Å². The SMILES string of the molecule is O=C(C(Br)(Br)Br)C1(Br)C(Br)=C(Br)C(Cl)C(Br)(Br)C1(Br)Br. The summed E-state index contributed by atoms with van der Waals surface area (Å²) in [5.41, 5.74) is 0. The summed E-state index contributed by atoms with van der Waals surface area (Å²) in [5, 5.41) is -0.496. The number of Topliss-reactive ketones (excluding diaryl/α,β-unsaturated/α-hetero) is 1. The molecule has 0 amide bonds. The number of ketones is 1. The van der Waals surface area contributed by atoms with E-state index < -0.39 is 18.3 Å². The van der Waals surface area contributed by atoms with E-state index in [1.807, 2.05) is 0 Å². The first kappa shape index (κ1) is 22.5. The molecule has 0 fully saturated rings. The number of rotatable bonds is 1. The van der Waals surface area contributed by atoms with Gasteiger partial charge >= 0.3 is 0 Å². The van der Waals surface area contributed by atoms with Crippen LogP contribution in [0.3, 0.4) is 0 Å². The number of carbonyl (C=O) groups is 1. The van der Waals surface area contributed by atoms with Crippen LogP contribution in [0.25, 0.3) is 0 Å². The summed E-state index contributed by atoms with van der Waals surface area (Å²) in [4.78, 5) is 12.9. The predicted octanol–water partition coefficient (Wildman–Crippen LogP) is 8.12. The van der Waals surface area contributed by atoms with Gasteiger partial charge in [-0.25, -0.2) is 0 Å². The first-order valence-corrected chi connectivity index (χ1v) is 12.8. The van der Waals surface area contributed by atoms with Crippen molar-refractivity contribution in [2.75, 3.05) is 0 Å². The van der Waals surface area contributed by atoms with Crippen molar-refractivity contribution in [1.29, 1.82) is 0 Å². The molecule has 116 valence electrons. The highest BCUT2D eigenvalue weighted by Gasteiger charge is 2.71. The van der Waals surface area contributed by atoms with Crippen molar-refractivity contribution in [3.8, 4) is 0 Å². The third kappa shape index (κ3) is 3.50. The minimum absolute atomic E-state index is 0.255. The summed E-state index contributed by atoms with van der Waals surface area (Å²) < 4.78 is -3.01. The van der Waals surface area contributed by atoms with E-state index in [9.17, 15) is 4.79 Å². The second kappa shape index (κ2) is 7.25. The number of halogens is 11. The molecule has 0 aromatic rings. The Balaban J connectivity index is 3.71. The van der Waals surface area contributed by atoms with Crippen LogP contribution < -0.4 is 0 Å². The zero-order chi connectivity index (χ0) is 16.3. The Hall–Kier alpha value is 4.50. The molecule has 1 aliphatic carbocycles. The normalized spacial score (nSPS) is 33.2. The van der Waals surface area contributed by atoms with Gasteiger partial charge in [0.15, 0.2) is 7.93 Å². The fraction of sp³-hybridized carbons (Fsp3) is 0.625. The van der Waals surface area contributed by atoms with Crippen LogP contribution in [0.5, 0.6) is 0 Å². The molecule has 12 heteroatoms. The highest BCUT2D eigenvalue weighted by molar-refractivity contribution is 9.40. The maximum atomic E-state index is 12.9. The first-order valence-electron chi connectivity index (χ1n) is 4.39. The van der Waals surface area contributed by atoms with E-state index in [2.05, 4.69) is 159 Å². The quantitative estimate of drug-likeness (QED) is 0.243. The maximum Gasteiger partial charge on any atom is 0.195 e. The third-order valence-electron chi connectivity index (χ3n) is 2.47. The van der Waals surface area contributed by atoms with E-state index in [-0.39, 0.29) is 5.78 Å². The van der Waals surface area contributed by atoms with E-state index in [0.717, 1.165) is 0 Å². The summed E-state index contributed by atoms with van der Waals surface area (Å²) in [6.07, 6.45) is 0. The van der Waals surface area contributed by atoms with Gasteiger partial charge in [-0.2, -0.15) is 0 Å². The molecule has 0 saturated heterocycles. The summed E-state index contributed by atoms with van der Waals surface area (Å²) in [7, 11) is 0. The number of hydrogen-bond donors (Lipinski definition) is 0. The van der Waals surface area contributed by atoms with Crippen LogP contribution >= 0.6 is 171 Å². The number of carbonyl (C=O) groups excluding carboxylic acids is 1. The fourth-order valence-electron chi connectivity index (χ4n) is 1.40. The first-order chi connectivity index (χ1) is 8.63. The lowest BCUT2D eigenvalue weighted by Crippen LogP contribution is -2.64. The van der Waals surface area contributed by atoms with Crippen molar-refractivity contribution in [3.63, 3.8) is 0 Å². The molecule has 0 aliphatic heterocycles. The Kier molecular flexibility index (Phi) is 8.17. The van der Waals surface area contributed by atoms with Crippen LogP contribution in [0.2, 0.25) is 0 Å². The van der Waals surface area contributed by atoms with Gasteiger partial charge in [0, 0.05) is 8.96 Å². The minimum atomic E-state index is -1.20. The molecule has 0 saturated carbocycles. The number of alkyl halides is 9. The van der Waals surface area contributed by atoms with E-state index in [0.29, 0.717) is 8.96 Å². The van der Waals surface area contributed by atoms with Crippen molar-refractivity contribution in [2.45, 2.75) is 18.3 Å². The van der Waals surface area contributed by atoms with Crippen LogP contribution in [-0.2, 0) is 4.79 Å². The number of allylic oxidation sites excluding steroid dienone is 2. The third-order valence-corrected chi connectivity index (χ3v) is 16.9. The van der Waals surface area contributed by atoms with Gasteiger partial charge in [-0.1, -0.05) is 159 Å². The van der Waals surface area contributed by atoms with Crippen LogP contribution in [0.4, 0.5) is 0 Å². The smallest absolute Gasteiger partial charge is 0.195 e. The fourth-order valence-corrected chi connectivity index (χ4v) is 10.1. The Bertz CT molecular complexity index is 480. The van der Waals surface area contributed by atoms with Gasteiger partial charge < -0.3 is 0 Å². The van der Waals surface area contributed by atoms with Crippen molar-refractivity contribution in [1.82, 2.24) is 0 Å². The monoisotopic (exact) mass is 937 g/mol. The molecule has 1 aliphatic rings. The standard InChI is InChI=1S/C8HBr10ClO/c9-1-2(10)5(11,4(20)7(14,15)16)8(17,18)6(12,13)3(1)19/h3H. The van der Waals surface area contributed by atoms with Gasteiger partial charge in [0.1, 0.15) is 10.8 Å². The Labute approximate surface area is 205 Å². The maximum absolute atomic E-state index is 12.9. The molecule has 0 aromatic carbocycles. The molecular weight excluding hydrogens is 947 g/mol. The summed E-state index contributed by atoms with van der Waals surface area (Å²) >= 11 is 40.8. The van der Waals surface area contributed by atoms with Crippen molar-refractivity contribution < 1.29 is 4.79 Å². The molecule has 0 aromatic heterocycles. The number of hydrogen-bond acceptors (Lipinski definition) is 1. The van der Waals surface area contributed by atoms with Crippen LogP contribution in [0.1, 0.15) is 0 Å². The van der Waals surface area contributed by atoms with Gasteiger partial charge in [0.2, 0.25) is 0 Å². The van der Waals surface area contributed by atoms with E-state index in [1.54, 1.807) is 0 Å². The molecule has 1 rings (SSSR count). The Morgan fingerprint density at radius 3 is 1.80 bits per heavy atom. The highest BCUT2D eigenvalue weighted by atomic mass is 80.0. The van der Waals surface area contributed by atoms with Gasteiger partial charge in [-0.15, -0.1) is 11.6 Å². The zero-order valence-electron chi connectivity index (χ0n) is 8.64. The summed E-state index contributed by atoms with van der Waals surface area (Å²) in [5.74, 6) is -0.255. The second-order valence-corrected chi connectivity index (χ2v) is 20.8. The molecule has 0 radical (unpaired) electrons. The van der Waals surface area contributed by atoms with E-state index in [1.165, 1.54) is 0 Å². The molecule has 0 bridgehead atoms. The Morgan fingerprint density at radius 2 is 1.45 bits per heavy atom. The molecule has 0 N–H and O–H groups in total. The molecule has 20 heavy (non-hydrogen) atoms. The van der Waals surface area contributed by atoms with Crippen molar-refractivity contribution >= 4 is 177 Å². The predicted molar refractivity (Wildman–Crippen MR) is 122 cm³/mol. The van der Waals surface area contributed by atoms with Gasteiger partial charge in [0.05, 0.1) is 5.38 Å². The van der Waals surface area contributed by atoms with Crippen LogP contribution in [0, 0.1) is 0 Å². The van der Waals surface area contributed by atoms with Gasteiger partial charge in [0.25, 0.3) is 0 Å². The van der Waals surface area contributed by atoms with Crippen LogP contribution in [-0.4, -0.2) is 24.1 Å². The van der Waals surface area contributed by atoms with Gasteiger partial charge in [-0.05, 0) is 0 Å². The average molecular weight is 948 g/mol. The molecule has 0 spiro atoms. The lowest BCUT2D eigenvalue weighted by Gasteiger charge is -2.51. The molecule has 1 nitrogen and oxygen atoms in total. The lowest BCUT2D eigenvalue weighted by atomic mass is 9.91. The van der Waals surface area contributed by atoms with Crippen molar-refractivity contribution in [2.24, 2.45) is 0 Å². The molecular formula is C8HBr10ClO. The van der Waals surface area contributed by atoms with Crippen LogP contribution in [0.15, 0.2) is 8.96 Å².